The third-order valence-corrected chi connectivity index (χ3v) is 3.75. The molecule has 0 N–H and O–H groups in total. The Balaban J connectivity index is 1.50. The predicted molar refractivity (Wildman–Crippen MR) is 86.9 cm³/mol. The molecule has 2 aromatic rings. The summed E-state index contributed by atoms with van der Waals surface area (Å²) in [6.45, 7) is 2.17. The Labute approximate surface area is 131 Å². The van der Waals surface area contributed by atoms with E-state index in [2.05, 4.69) is 18.2 Å². The lowest BCUT2D eigenvalue weighted by atomic mass is 10.1. The third-order valence-electron chi connectivity index (χ3n) is 3.75. The van der Waals surface area contributed by atoms with Gasteiger partial charge in [0, 0.05) is 5.56 Å². The van der Waals surface area contributed by atoms with Gasteiger partial charge in [-0.3, -0.25) is 0 Å². The first-order valence-corrected chi connectivity index (χ1v) is 7.94. The standard InChI is InChI=1S/C19H22O3/c1-2-8-16(9-3-1)17-10-4-5-11-18(17)20-13-7-6-12-19-21-14-15-22-19/h1-5,8-11,19H,6-7,12-15H2. The van der Waals surface area contributed by atoms with E-state index in [1.807, 2.05) is 36.4 Å². The van der Waals surface area contributed by atoms with Gasteiger partial charge in [0.2, 0.25) is 0 Å². The highest BCUT2D eigenvalue weighted by atomic mass is 16.7. The van der Waals surface area contributed by atoms with Gasteiger partial charge in [-0.25, -0.2) is 0 Å². The average Bonchev–Trinajstić information content (AvgIpc) is 3.09. The van der Waals surface area contributed by atoms with Crippen LogP contribution in [0.2, 0.25) is 0 Å². The second-order valence-corrected chi connectivity index (χ2v) is 5.38. The van der Waals surface area contributed by atoms with Gasteiger partial charge in [-0.2, -0.15) is 0 Å². The molecule has 0 saturated carbocycles. The van der Waals surface area contributed by atoms with Gasteiger partial charge in [-0.05, 0) is 30.9 Å². The van der Waals surface area contributed by atoms with Crippen LogP contribution >= 0.6 is 0 Å². The molecule has 1 aliphatic heterocycles. The Morgan fingerprint density at radius 1 is 0.864 bits per heavy atom. The summed E-state index contributed by atoms with van der Waals surface area (Å²) in [7, 11) is 0. The fourth-order valence-electron chi connectivity index (χ4n) is 2.62. The molecule has 3 heteroatoms. The minimum absolute atomic E-state index is 0.00314. The van der Waals surface area contributed by atoms with E-state index in [0.717, 1.165) is 50.4 Å². The molecule has 0 bridgehead atoms. The molecule has 22 heavy (non-hydrogen) atoms. The summed E-state index contributed by atoms with van der Waals surface area (Å²) in [5.74, 6) is 0.946. The fourth-order valence-corrected chi connectivity index (χ4v) is 2.62. The van der Waals surface area contributed by atoms with Gasteiger partial charge in [0.05, 0.1) is 19.8 Å². The van der Waals surface area contributed by atoms with Gasteiger partial charge in [0.1, 0.15) is 5.75 Å². The first kappa shape index (κ1) is 15.1. The van der Waals surface area contributed by atoms with Gasteiger partial charge in [0.25, 0.3) is 0 Å². The molecule has 0 aromatic heterocycles. The molecular weight excluding hydrogens is 276 g/mol. The second-order valence-electron chi connectivity index (χ2n) is 5.38. The summed E-state index contributed by atoms with van der Waals surface area (Å²) < 4.78 is 16.8. The smallest absolute Gasteiger partial charge is 0.157 e. The maximum atomic E-state index is 5.97. The van der Waals surface area contributed by atoms with E-state index < -0.39 is 0 Å². The van der Waals surface area contributed by atoms with E-state index in [4.69, 9.17) is 14.2 Å². The summed E-state index contributed by atoms with van der Waals surface area (Å²) in [4.78, 5) is 0. The molecule has 3 rings (SSSR count). The van der Waals surface area contributed by atoms with Crippen molar-refractivity contribution in [3.63, 3.8) is 0 Å². The van der Waals surface area contributed by atoms with Crippen LogP contribution in [0.5, 0.6) is 5.75 Å². The third kappa shape index (κ3) is 4.09. The second kappa shape index (κ2) is 7.97. The SMILES string of the molecule is c1ccc(-c2ccccc2OCCCCC2OCCO2)cc1. The van der Waals surface area contributed by atoms with E-state index in [0.29, 0.717) is 0 Å². The van der Waals surface area contributed by atoms with Crippen LogP contribution in [0.3, 0.4) is 0 Å². The minimum atomic E-state index is -0.00314. The molecule has 0 atom stereocenters. The first-order chi connectivity index (χ1) is 10.9. The van der Waals surface area contributed by atoms with Crippen LogP contribution in [0.25, 0.3) is 11.1 Å². The minimum Gasteiger partial charge on any atom is -0.493 e. The molecule has 0 unspecified atom stereocenters. The Hall–Kier alpha value is -1.84. The van der Waals surface area contributed by atoms with Gasteiger partial charge < -0.3 is 14.2 Å². The number of hydrogen-bond donors (Lipinski definition) is 0. The van der Waals surface area contributed by atoms with Gasteiger partial charge in [-0.1, -0.05) is 48.5 Å². The lowest BCUT2D eigenvalue weighted by Crippen LogP contribution is -2.08. The van der Waals surface area contributed by atoms with Crippen molar-refractivity contribution in [3.8, 4) is 16.9 Å². The topological polar surface area (TPSA) is 27.7 Å². The average molecular weight is 298 g/mol. The first-order valence-electron chi connectivity index (χ1n) is 7.94. The van der Waals surface area contributed by atoms with Gasteiger partial charge >= 0.3 is 0 Å². The molecule has 0 radical (unpaired) electrons. The normalized spacial score (nSPS) is 15.1. The number of rotatable bonds is 7. The maximum absolute atomic E-state index is 5.97. The van der Waals surface area contributed by atoms with E-state index in [9.17, 15) is 0 Å². The van der Waals surface area contributed by atoms with E-state index in [1.165, 1.54) is 5.56 Å². The Morgan fingerprint density at radius 3 is 2.41 bits per heavy atom. The van der Waals surface area contributed by atoms with Crippen LogP contribution in [0, 0.1) is 0 Å². The monoisotopic (exact) mass is 298 g/mol. The van der Waals surface area contributed by atoms with Crippen molar-refractivity contribution in [2.24, 2.45) is 0 Å². The van der Waals surface area contributed by atoms with Crippen molar-refractivity contribution >= 4 is 0 Å². The summed E-state index contributed by atoms with van der Waals surface area (Å²) in [5.41, 5.74) is 2.33. The molecular formula is C19H22O3. The Bertz CT molecular complexity index is 562. The lowest BCUT2D eigenvalue weighted by Gasteiger charge is -2.12. The van der Waals surface area contributed by atoms with Crippen LogP contribution in [-0.4, -0.2) is 26.1 Å². The molecule has 3 nitrogen and oxygen atoms in total. The van der Waals surface area contributed by atoms with Crippen molar-refractivity contribution in [2.45, 2.75) is 25.6 Å². The fraction of sp³-hybridized carbons (Fsp3) is 0.368. The van der Waals surface area contributed by atoms with E-state index in [-0.39, 0.29) is 6.29 Å². The van der Waals surface area contributed by atoms with Crippen molar-refractivity contribution < 1.29 is 14.2 Å². The van der Waals surface area contributed by atoms with Crippen molar-refractivity contribution in [3.05, 3.63) is 54.6 Å². The highest BCUT2D eigenvalue weighted by Crippen LogP contribution is 2.29. The molecule has 1 saturated heterocycles. The van der Waals surface area contributed by atoms with Crippen LogP contribution in [0.4, 0.5) is 0 Å². The van der Waals surface area contributed by atoms with Crippen LogP contribution in [-0.2, 0) is 9.47 Å². The largest absolute Gasteiger partial charge is 0.493 e. The molecule has 1 heterocycles. The van der Waals surface area contributed by atoms with Crippen LogP contribution in [0.1, 0.15) is 19.3 Å². The van der Waals surface area contributed by atoms with Crippen LogP contribution in [0.15, 0.2) is 54.6 Å². The van der Waals surface area contributed by atoms with E-state index >= 15 is 0 Å². The number of para-hydroxylation sites is 1. The predicted octanol–water partition coefficient (Wildman–Crippen LogP) is 4.28. The molecule has 1 aliphatic rings. The summed E-state index contributed by atoms with van der Waals surface area (Å²) >= 11 is 0. The maximum Gasteiger partial charge on any atom is 0.157 e. The zero-order valence-electron chi connectivity index (χ0n) is 12.7. The van der Waals surface area contributed by atoms with Crippen molar-refractivity contribution in [1.29, 1.82) is 0 Å². The summed E-state index contributed by atoms with van der Waals surface area (Å²) in [6, 6.07) is 18.5. The number of benzene rings is 2. The Morgan fingerprint density at radius 2 is 1.59 bits per heavy atom. The van der Waals surface area contributed by atoms with Crippen LogP contribution < -0.4 is 4.74 Å². The molecule has 0 aliphatic carbocycles. The zero-order chi connectivity index (χ0) is 15.0. The lowest BCUT2D eigenvalue weighted by molar-refractivity contribution is -0.0482. The van der Waals surface area contributed by atoms with E-state index in [1.54, 1.807) is 0 Å². The molecule has 1 fully saturated rings. The summed E-state index contributed by atoms with van der Waals surface area (Å²) in [6.07, 6.45) is 3.00. The molecule has 2 aromatic carbocycles. The summed E-state index contributed by atoms with van der Waals surface area (Å²) in [5, 5.41) is 0. The highest BCUT2D eigenvalue weighted by molar-refractivity contribution is 5.70. The Kier molecular flexibility index (Phi) is 5.46. The van der Waals surface area contributed by atoms with Gasteiger partial charge in [0.15, 0.2) is 6.29 Å². The van der Waals surface area contributed by atoms with Gasteiger partial charge in [-0.15, -0.1) is 0 Å². The molecule has 0 amide bonds. The quantitative estimate of drug-likeness (QED) is 0.714. The van der Waals surface area contributed by atoms with Crippen molar-refractivity contribution in [1.82, 2.24) is 0 Å². The number of unbranched alkanes of at least 4 members (excludes halogenated alkanes) is 1. The number of ether oxygens (including phenoxy) is 3. The molecule has 116 valence electrons. The molecule has 0 spiro atoms. The zero-order valence-corrected chi connectivity index (χ0v) is 12.7. The highest BCUT2D eigenvalue weighted by Gasteiger charge is 2.14. The number of hydrogen-bond acceptors (Lipinski definition) is 3. The van der Waals surface area contributed by atoms with Crippen molar-refractivity contribution in [2.75, 3.05) is 19.8 Å².